The predicted octanol–water partition coefficient (Wildman–Crippen LogP) is 2.01. The standard InChI is InChI=1S/C8H14O2S/c1-4-7(3)11-5-6(2)8(9)10/h4,6-7H,1,5H2,2-3H3,(H,9,10). The number of carbonyl (C=O) groups is 1. The fourth-order valence-electron chi connectivity index (χ4n) is 0.435. The lowest BCUT2D eigenvalue weighted by Gasteiger charge is -2.07. The first-order chi connectivity index (χ1) is 5.07. The zero-order chi connectivity index (χ0) is 8.85. The first-order valence-corrected chi connectivity index (χ1v) is 4.59. The molecule has 0 aromatic carbocycles. The molecular weight excluding hydrogens is 160 g/mol. The van der Waals surface area contributed by atoms with Gasteiger partial charge in [-0.2, -0.15) is 11.8 Å². The maximum atomic E-state index is 10.4. The van der Waals surface area contributed by atoms with Crippen molar-refractivity contribution in [2.45, 2.75) is 19.1 Å². The summed E-state index contributed by atoms with van der Waals surface area (Å²) in [5.74, 6) is -0.334. The summed E-state index contributed by atoms with van der Waals surface area (Å²) in [5, 5.41) is 8.87. The van der Waals surface area contributed by atoms with Crippen LogP contribution >= 0.6 is 11.8 Å². The highest BCUT2D eigenvalue weighted by Crippen LogP contribution is 2.15. The lowest BCUT2D eigenvalue weighted by atomic mass is 10.2. The minimum Gasteiger partial charge on any atom is -0.481 e. The molecule has 1 N–H and O–H groups in total. The van der Waals surface area contributed by atoms with Crippen molar-refractivity contribution in [3.8, 4) is 0 Å². The van der Waals surface area contributed by atoms with E-state index in [1.807, 2.05) is 13.0 Å². The Labute approximate surface area is 71.7 Å². The van der Waals surface area contributed by atoms with E-state index < -0.39 is 5.97 Å². The zero-order valence-corrected chi connectivity index (χ0v) is 7.73. The zero-order valence-electron chi connectivity index (χ0n) is 6.91. The number of thioether (sulfide) groups is 1. The Morgan fingerprint density at radius 2 is 2.27 bits per heavy atom. The van der Waals surface area contributed by atoms with Gasteiger partial charge in [0, 0.05) is 11.0 Å². The van der Waals surface area contributed by atoms with Crippen molar-refractivity contribution < 1.29 is 9.90 Å². The number of hydrogen-bond acceptors (Lipinski definition) is 2. The Kier molecular flexibility index (Phi) is 5.03. The molecule has 2 nitrogen and oxygen atoms in total. The summed E-state index contributed by atoms with van der Waals surface area (Å²) in [6.45, 7) is 7.33. The molecule has 0 amide bonds. The van der Waals surface area contributed by atoms with Crippen LogP contribution in [0.2, 0.25) is 0 Å². The van der Waals surface area contributed by atoms with Crippen LogP contribution in [0.15, 0.2) is 12.7 Å². The highest BCUT2D eigenvalue weighted by atomic mass is 32.2. The summed E-state index contributed by atoms with van der Waals surface area (Å²) in [6.07, 6.45) is 1.82. The van der Waals surface area contributed by atoms with Gasteiger partial charge >= 0.3 is 5.97 Å². The van der Waals surface area contributed by atoms with E-state index in [4.69, 9.17) is 5.11 Å². The summed E-state index contributed by atoms with van der Waals surface area (Å²) in [4.78, 5) is 10.4. The van der Waals surface area contributed by atoms with Gasteiger partial charge in [-0.3, -0.25) is 4.79 Å². The largest absolute Gasteiger partial charge is 0.481 e. The monoisotopic (exact) mass is 174 g/mol. The summed E-state index contributed by atoms with van der Waals surface area (Å²) >= 11 is 1.61. The van der Waals surface area contributed by atoms with E-state index in [0.29, 0.717) is 11.0 Å². The van der Waals surface area contributed by atoms with Crippen LogP contribution in [0.4, 0.5) is 0 Å². The number of aliphatic carboxylic acids is 1. The number of carboxylic acid groups (broad SMARTS) is 1. The van der Waals surface area contributed by atoms with Crippen molar-refractivity contribution in [1.82, 2.24) is 0 Å². The van der Waals surface area contributed by atoms with Crippen molar-refractivity contribution in [2.24, 2.45) is 5.92 Å². The van der Waals surface area contributed by atoms with Crippen molar-refractivity contribution in [3.05, 3.63) is 12.7 Å². The van der Waals surface area contributed by atoms with Crippen LogP contribution in [-0.2, 0) is 4.79 Å². The maximum Gasteiger partial charge on any atom is 0.307 e. The average Bonchev–Trinajstić information content (AvgIpc) is 1.99. The van der Waals surface area contributed by atoms with E-state index in [2.05, 4.69) is 6.58 Å². The Hall–Kier alpha value is -0.440. The molecule has 0 radical (unpaired) electrons. The van der Waals surface area contributed by atoms with E-state index in [1.54, 1.807) is 18.7 Å². The second kappa shape index (κ2) is 5.24. The number of carboxylic acids is 1. The molecule has 0 aromatic heterocycles. The summed E-state index contributed by atoms with van der Waals surface area (Å²) in [7, 11) is 0. The van der Waals surface area contributed by atoms with Crippen molar-refractivity contribution in [3.63, 3.8) is 0 Å². The molecule has 11 heavy (non-hydrogen) atoms. The van der Waals surface area contributed by atoms with Crippen molar-refractivity contribution >= 4 is 17.7 Å². The molecule has 0 spiro atoms. The van der Waals surface area contributed by atoms with Crippen LogP contribution in [0.1, 0.15) is 13.8 Å². The summed E-state index contributed by atoms with van der Waals surface area (Å²) in [6, 6.07) is 0. The van der Waals surface area contributed by atoms with E-state index in [1.165, 1.54) is 0 Å². The van der Waals surface area contributed by atoms with E-state index >= 15 is 0 Å². The first kappa shape index (κ1) is 10.6. The maximum absolute atomic E-state index is 10.4. The minimum absolute atomic E-state index is 0.262. The van der Waals surface area contributed by atoms with Gasteiger partial charge in [0.05, 0.1) is 5.92 Å². The fourth-order valence-corrected chi connectivity index (χ4v) is 1.31. The van der Waals surface area contributed by atoms with Crippen molar-refractivity contribution in [2.75, 3.05) is 5.75 Å². The van der Waals surface area contributed by atoms with Gasteiger partial charge in [-0.25, -0.2) is 0 Å². The molecule has 2 atom stereocenters. The molecule has 0 aliphatic carbocycles. The summed E-state index contributed by atoms with van der Waals surface area (Å²) < 4.78 is 0. The van der Waals surface area contributed by atoms with Crippen LogP contribution in [0.5, 0.6) is 0 Å². The molecule has 2 unspecified atom stereocenters. The molecule has 3 heteroatoms. The molecule has 0 bridgehead atoms. The normalized spacial score (nSPS) is 15.5. The molecule has 0 rings (SSSR count). The molecule has 0 heterocycles. The first-order valence-electron chi connectivity index (χ1n) is 3.55. The second-order valence-corrected chi connectivity index (χ2v) is 3.92. The van der Waals surface area contributed by atoms with E-state index in [-0.39, 0.29) is 5.92 Å². The third-order valence-corrected chi connectivity index (χ3v) is 2.77. The summed E-state index contributed by atoms with van der Waals surface area (Å²) in [5.41, 5.74) is 0. The molecule has 0 saturated carbocycles. The third-order valence-electron chi connectivity index (χ3n) is 1.36. The number of hydrogen-bond donors (Lipinski definition) is 1. The van der Waals surface area contributed by atoms with Crippen molar-refractivity contribution in [1.29, 1.82) is 0 Å². The fraction of sp³-hybridized carbons (Fsp3) is 0.625. The van der Waals surface area contributed by atoms with Gasteiger partial charge in [0.15, 0.2) is 0 Å². The quantitative estimate of drug-likeness (QED) is 0.648. The Morgan fingerprint density at radius 3 is 2.64 bits per heavy atom. The lowest BCUT2D eigenvalue weighted by Crippen LogP contribution is -2.13. The van der Waals surface area contributed by atoms with Crippen LogP contribution in [-0.4, -0.2) is 22.1 Å². The molecule has 0 saturated heterocycles. The molecular formula is C8H14O2S. The Morgan fingerprint density at radius 1 is 1.73 bits per heavy atom. The van der Waals surface area contributed by atoms with Gasteiger partial charge in [-0.1, -0.05) is 13.0 Å². The molecule has 64 valence electrons. The molecule has 0 aliphatic heterocycles. The highest BCUT2D eigenvalue weighted by molar-refractivity contribution is 8.00. The molecule has 0 aromatic rings. The van der Waals surface area contributed by atoms with Gasteiger partial charge in [-0.05, 0) is 6.92 Å². The minimum atomic E-state index is -0.728. The Balaban J connectivity index is 3.53. The molecule has 0 aliphatic rings. The van der Waals surface area contributed by atoms with Gasteiger partial charge in [0.2, 0.25) is 0 Å². The van der Waals surface area contributed by atoms with E-state index in [0.717, 1.165) is 0 Å². The van der Waals surface area contributed by atoms with Crippen LogP contribution in [0.3, 0.4) is 0 Å². The van der Waals surface area contributed by atoms with E-state index in [9.17, 15) is 4.79 Å². The third kappa shape index (κ3) is 4.90. The predicted molar refractivity (Wildman–Crippen MR) is 48.9 cm³/mol. The van der Waals surface area contributed by atoms with Gasteiger partial charge < -0.3 is 5.11 Å². The average molecular weight is 174 g/mol. The Bertz CT molecular complexity index is 145. The second-order valence-electron chi connectivity index (χ2n) is 2.51. The topological polar surface area (TPSA) is 37.3 Å². The van der Waals surface area contributed by atoms with Gasteiger partial charge in [0.25, 0.3) is 0 Å². The lowest BCUT2D eigenvalue weighted by molar-refractivity contribution is -0.140. The SMILES string of the molecule is C=CC(C)SCC(C)C(=O)O. The van der Waals surface area contributed by atoms with Gasteiger partial charge in [0.1, 0.15) is 0 Å². The number of rotatable bonds is 5. The smallest absolute Gasteiger partial charge is 0.307 e. The van der Waals surface area contributed by atoms with Crippen LogP contribution in [0, 0.1) is 5.92 Å². The highest BCUT2D eigenvalue weighted by Gasteiger charge is 2.11. The molecule has 0 fully saturated rings. The van der Waals surface area contributed by atoms with Crippen LogP contribution in [0.25, 0.3) is 0 Å². The van der Waals surface area contributed by atoms with Crippen LogP contribution < -0.4 is 0 Å². The van der Waals surface area contributed by atoms with Gasteiger partial charge in [-0.15, -0.1) is 6.58 Å².